The Balaban J connectivity index is 2.06. The zero-order valence-corrected chi connectivity index (χ0v) is 13.0. The second-order valence-electron chi connectivity index (χ2n) is 4.49. The molecule has 1 unspecified atom stereocenters. The van der Waals surface area contributed by atoms with Gasteiger partial charge in [0.15, 0.2) is 0 Å². The highest BCUT2D eigenvalue weighted by Gasteiger charge is 2.21. The first-order valence-corrected chi connectivity index (χ1v) is 7.91. The monoisotopic (exact) mass is 328 g/mol. The Morgan fingerprint density at radius 2 is 2.11 bits per heavy atom. The molecular formula is C13H17BrN2OS. The fourth-order valence-electron chi connectivity index (χ4n) is 1.98. The van der Waals surface area contributed by atoms with E-state index in [1.54, 1.807) is 0 Å². The fraction of sp³-hybridized carbons (Fsp3) is 0.462. The maximum Gasteiger partial charge on any atom is 0.242 e. The summed E-state index contributed by atoms with van der Waals surface area (Å²) in [6, 6.07) is 3.91. The molecule has 1 aromatic rings. The number of benzene rings is 1. The van der Waals surface area contributed by atoms with Gasteiger partial charge in [0.2, 0.25) is 5.91 Å². The van der Waals surface area contributed by atoms with E-state index in [9.17, 15) is 4.79 Å². The minimum absolute atomic E-state index is 0.0586. The van der Waals surface area contributed by atoms with Gasteiger partial charge in [0.1, 0.15) is 0 Å². The summed E-state index contributed by atoms with van der Waals surface area (Å²) >= 11 is 5.35. The summed E-state index contributed by atoms with van der Waals surface area (Å²) in [6.07, 6.45) is 0. The molecule has 1 fully saturated rings. The van der Waals surface area contributed by atoms with E-state index in [1.807, 2.05) is 37.7 Å². The van der Waals surface area contributed by atoms with E-state index in [0.29, 0.717) is 0 Å². The molecule has 2 rings (SSSR count). The van der Waals surface area contributed by atoms with Gasteiger partial charge in [-0.25, -0.2) is 0 Å². The van der Waals surface area contributed by atoms with Crippen molar-refractivity contribution in [3.05, 3.63) is 27.7 Å². The molecule has 0 spiro atoms. The normalized spacial score (nSPS) is 19.6. The van der Waals surface area contributed by atoms with Crippen LogP contribution in [0.3, 0.4) is 0 Å². The van der Waals surface area contributed by atoms with Crippen LogP contribution in [0.1, 0.15) is 11.1 Å². The predicted octanol–water partition coefficient (Wildman–Crippen LogP) is 2.71. The second-order valence-corrected chi connectivity index (χ2v) is 6.44. The van der Waals surface area contributed by atoms with Crippen molar-refractivity contribution in [2.24, 2.45) is 0 Å². The largest absolute Gasteiger partial charge is 0.325 e. The summed E-state index contributed by atoms with van der Waals surface area (Å²) in [6.45, 7) is 4.96. The molecule has 0 aromatic heterocycles. The number of anilines is 1. The van der Waals surface area contributed by atoms with Gasteiger partial charge in [0.05, 0.1) is 6.04 Å². The summed E-state index contributed by atoms with van der Waals surface area (Å²) < 4.78 is 1.10. The lowest BCUT2D eigenvalue weighted by Crippen LogP contribution is -2.46. The lowest BCUT2D eigenvalue weighted by atomic mass is 10.1. The number of hydrogen-bond acceptors (Lipinski definition) is 3. The van der Waals surface area contributed by atoms with Crippen molar-refractivity contribution in [3.63, 3.8) is 0 Å². The topological polar surface area (TPSA) is 41.1 Å². The van der Waals surface area contributed by atoms with Crippen LogP contribution in [0.2, 0.25) is 0 Å². The third-order valence-electron chi connectivity index (χ3n) is 2.94. The molecule has 0 saturated carbocycles. The van der Waals surface area contributed by atoms with Crippen LogP contribution in [0.25, 0.3) is 0 Å². The molecular weight excluding hydrogens is 312 g/mol. The minimum Gasteiger partial charge on any atom is -0.325 e. The zero-order chi connectivity index (χ0) is 13.1. The Labute approximate surface area is 120 Å². The van der Waals surface area contributed by atoms with Crippen LogP contribution < -0.4 is 10.6 Å². The summed E-state index contributed by atoms with van der Waals surface area (Å²) in [5.74, 6) is 1.99. The molecule has 0 bridgehead atoms. The quantitative estimate of drug-likeness (QED) is 0.877. The van der Waals surface area contributed by atoms with Crippen molar-refractivity contribution < 1.29 is 4.79 Å². The average molecular weight is 329 g/mol. The number of halogens is 1. The Morgan fingerprint density at radius 1 is 1.44 bits per heavy atom. The van der Waals surface area contributed by atoms with E-state index in [-0.39, 0.29) is 11.9 Å². The van der Waals surface area contributed by atoms with Crippen LogP contribution in [-0.2, 0) is 4.79 Å². The number of carbonyl (C=O) groups excluding carboxylic acids is 1. The molecule has 0 aliphatic carbocycles. The molecule has 1 saturated heterocycles. The Bertz CT molecular complexity index is 435. The Morgan fingerprint density at radius 3 is 2.67 bits per heavy atom. The highest BCUT2D eigenvalue weighted by Crippen LogP contribution is 2.25. The molecule has 1 heterocycles. The van der Waals surface area contributed by atoms with E-state index in [2.05, 4.69) is 26.6 Å². The fourth-order valence-corrected chi connectivity index (χ4v) is 3.14. The van der Waals surface area contributed by atoms with Crippen LogP contribution in [-0.4, -0.2) is 30.0 Å². The Kier molecular flexibility index (Phi) is 4.70. The number of amides is 1. The van der Waals surface area contributed by atoms with E-state index < -0.39 is 0 Å². The predicted molar refractivity (Wildman–Crippen MR) is 81.4 cm³/mol. The van der Waals surface area contributed by atoms with Crippen molar-refractivity contribution in [3.8, 4) is 0 Å². The number of rotatable bonds is 2. The SMILES string of the molecule is Cc1cc(NC(=O)C2CSCCN2)cc(C)c1Br. The van der Waals surface area contributed by atoms with E-state index in [0.717, 1.165) is 39.3 Å². The maximum atomic E-state index is 12.1. The van der Waals surface area contributed by atoms with Crippen LogP contribution in [0, 0.1) is 13.8 Å². The van der Waals surface area contributed by atoms with Gasteiger partial charge in [-0.2, -0.15) is 11.8 Å². The molecule has 2 N–H and O–H groups in total. The minimum atomic E-state index is -0.0759. The van der Waals surface area contributed by atoms with Gasteiger partial charge < -0.3 is 10.6 Å². The van der Waals surface area contributed by atoms with Crippen molar-refractivity contribution in [2.45, 2.75) is 19.9 Å². The van der Waals surface area contributed by atoms with Gasteiger partial charge in [-0.15, -0.1) is 0 Å². The molecule has 1 atom stereocenters. The third-order valence-corrected chi connectivity index (χ3v) is 5.25. The van der Waals surface area contributed by atoms with Gasteiger partial charge >= 0.3 is 0 Å². The first-order chi connectivity index (χ1) is 8.58. The first kappa shape index (κ1) is 13.9. The van der Waals surface area contributed by atoms with Gasteiger partial charge in [-0.1, -0.05) is 15.9 Å². The van der Waals surface area contributed by atoms with Crippen molar-refractivity contribution in [1.29, 1.82) is 0 Å². The van der Waals surface area contributed by atoms with E-state index in [1.165, 1.54) is 0 Å². The van der Waals surface area contributed by atoms with Crippen LogP contribution in [0.5, 0.6) is 0 Å². The van der Waals surface area contributed by atoms with Gasteiger partial charge in [-0.3, -0.25) is 4.79 Å². The molecule has 1 aliphatic heterocycles. The summed E-state index contributed by atoms with van der Waals surface area (Å²) in [5.41, 5.74) is 3.14. The zero-order valence-electron chi connectivity index (χ0n) is 10.5. The molecule has 5 heteroatoms. The summed E-state index contributed by atoms with van der Waals surface area (Å²) in [4.78, 5) is 12.1. The number of carbonyl (C=O) groups is 1. The lowest BCUT2D eigenvalue weighted by molar-refractivity contribution is -0.117. The number of hydrogen-bond donors (Lipinski definition) is 2. The van der Waals surface area contributed by atoms with Crippen molar-refractivity contribution in [2.75, 3.05) is 23.4 Å². The average Bonchev–Trinajstić information content (AvgIpc) is 2.37. The molecule has 18 heavy (non-hydrogen) atoms. The van der Waals surface area contributed by atoms with Crippen LogP contribution >= 0.6 is 27.7 Å². The number of thioether (sulfide) groups is 1. The maximum absolute atomic E-state index is 12.1. The van der Waals surface area contributed by atoms with Crippen LogP contribution in [0.15, 0.2) is 16.6 Å². The number of aryl methyl sites for hydroxylation is 2. The summed E-state index contributed by atoms with van der Waals surface area (Å²) in [7, 11) is 0. The molecule has 1 aliphatic rings. The smallest absolute Gasteiger partial charge is 0.242 e. The highest BCUT2D eigenvalue weighted by molar-refractivity contribution is 9.10. The molecule has 3 nitrogen and oxygen atoms in total. The lowest BCUT2D eigenvalue weighted by Gasteiger charge is -2.22. The molecule has 1 aromatic carbocycles. The van der Waals surface area contributed by atoms with E-state index in [4.69, 9.17) is 0 Å². The number of nitrogens with one attached hydrogen (secondary N) is 2. The van der Waals surface area contributed by atoms with Crippen molar-refractivity contribution in [1.82, 2.24) is 5.32 Å². The molecule has 98 valence electrons. The second kappa shape index (κ2) is 6.08. The van der Waals surface area contributed by atoms with Crippen molar-refractivity contribution >= 4 is 39.3 Å². The van der Waals surface area contributed by atoms with E-state index >= 15 is 0 Å². The third kappa shape index (κ3) is 3.28. The first-order valence-electron chi connectivity index (χ1n) is 5.96. The molecule has 1 amide bonds. The van der Waals surface area contributed by atoms with Gasteiger partial charge in [0, 0.05) is 28.2 Å². The van der Waals surface area contributed by atoms with Gasteiger partial charge in [-0.05, 0) is 37.1 Å². The summed E-state index contributed by atoms with van der Waals surface area (Å²) in [5, 5.41) is 6.22. The highest BCUT2D eigenvalue weighted by atomic mass is 79.9. The van der Waals surface area contributed by atoms with Gasteiger partial charge in [0.25, 0.3) is 0 Å². The Hall–Kier alpha value is -0.520. The van der Waals surface area contributed by atoms with Crippen LogP contribution in [0.4, 0.5) is 5.69 Å². The molecule has 0 radical (unpaired) electrons. The standard InChI is InChI=1S/C13H17BrN2OS/c1-8-5-10(6-9(2)12(8)14)16-13(17)11-7-18-4-3-15-11/h5-6,11,15H,3-4,7H2,1-2H3,(H,16,17).